The molecule has 0 aromatic heterocycles. The highest BCUT2D eigenvalue weighted by Crippen LogP contribution is 2.27. The minimum atomic E-state index is -0.424. The van der Waals surface area contributed by atoms with Gasteiger partial charge in [-0.1, -0.05) is 24.3 Å². The van der Waals surface area contributed by atoms with Gasteiger partial charge in [0.05, 0.1) is 26.5 Å². The molecule has 2 N–H and O–H groups in total. The van der Waals surface area contributed by atoms with Crippen LogP contribution in [-0.2, 0) is 0 Å². The van der Waals surface area contributed by atoms with Crippen LogP contribution in [0.5, 0.6) is 17.2 Å². The van der Waals surface area contributed by atoms with Gasteiger partial charge in [-0.15, -0.1) is 0 Å². The van der Waals surface area contributed by atoms with Crippen LogP contribution in [0.25, 0.3) is 0 Å². The highest BCUT2D eigenvalue weighted by Gasteiger charge is 2.06. The molecular formula is C26H29N3O4. The van der Waals surface area contributed by atoms with Crippen molar-refractivity contribution in [3.05, 3.63) is 83.4 Å². The van der Waals surface area contributed by atoms with Crippen LogP contribution in [0.2, 0.25) is 0 Å². The van der Waals surface area contributed by atoms with Crippen molar-refractivity contribution < 1.29 is 19.0 Å². The van der Waals surface area contributed by atoms with Crippen molar-refractivity contribution >= 4 is 17.9 Å². The van der Waals surface area contributed by atoms with Crippen molar-refractivity contribution in [3.8, 4) is 17.2 Å². The van der Waals surface area contributed by atoms with E-state index in [1.54, 1.807) is 25.3 Å². The zero-order valence-electron chi connectivity index (χ0n) is 19.1. The molecule has 0 atom stereocenters. The second kappa shape index (κ2) is 12.1. The zero-order chi connectivity index (χ0) is 23.5. The number of carbonyl (C=O) groups is 1. The van der Waals surface area contributed by atoms with Crippen LogP contribution >= 0.6 is 0 Å². The number of hydrazone groups is 1. The number of hydrogen-bond acceptors (Lipinski definition) is 5. The van der Waals surface area contributed by atoms with Crippen molar-refractivity contribution in [3.63, 3.8) is 0 Å². The van der Waals surface area contributed by atoms with Crippen LogP contribution in [-0.4, -0.2) is 32.6 Å². The Labute approximate surface area is 194 Å². The summed E-state index contributed by atoms with van der Waals surface area (Å²) in [6.07, 6.45) is 2.27. The summed E-state index contributed by atoms with van der Waals surface area (Å²) in [7, 11) is 1.58. The number of nitrogens with one attached hydrogen (secondary N) is 2. The third-order valence-electron chi connectivity index (χ3n) is 4.89. The van der Waals surface area contributed by atoms with E-state index in [1.807, 2.05) is 42.5 Å². The fraction of sp³-hybridized carbons (Fsp3) is 0.231. The van der Waals surface area contributed by atoms with Crippen molar-refractivity contribution in [2.45, 2.75) is 20.3 Å². The Bertz CT molecular complexity index is 1080. The highest BCUT2D eigenvalue weighted by atomic mass is 16.5. The largest absolute Gasteiger partial charge is 0.493 e. The summed E-state index contributed by atoms with van der Waals surface area (Å²) in [6.45, 7) is 5.21. The molecule has 2 amide bonds. The predicted molar refractivity (Wildman–Crippen MR) is 131 cm³/mol. The summed E-state index contributed by atoms with van der Waals surface area (Å²) in [5.41, 5.74) is 6.34. The van der Waals surface area contributed by atoms with Crippen LogP contribution in [0, 0.1) is 13.8 Å². The lowest BCUT2D eigenvalue weighted by molar-refractivity contribution is 0.240. The lowest BCUT2D eigenvalue weighted by atomic mass is 10.1. The molecule has 3 aromatic carbocycles. The number of nitrogens with zero attached hydrogens (tertiary/aromatic N) is 1. The van der Waals surface area contributed by atoms with Crippen molar-refractivity contribution in [2.24, 2.45) is 5.10 Å². The lowest BCUT2D eigenvalue weighted by Gasteiger charge is -2.12. The lowest BCUT2D eigenvalue weighted by Crippen LogP contribution is -2.24. The number of aryl methyl sites for hydroxylation is 2. The number of anilines is 1. The first kappa shape index (κ1) is 23.7. The molecule has 3 rings (SSSR count). The Kier molecular flexibility index (Phi) is 8.71. The second-order valence-corrected chi connectivity index (χ2v) is 7.40. The van der Waals surface area contributed by atoms with Gasteiger partial charge in [-0.05, 0) is 73.0 Å². The smallest absolute Gasteiger partial charge is 0.339 e. The van der Waals surface area contributed by atoms with E-state index in [0.717, 1.165) is 17.7 Å². The molecule has 0 saturated heterocycles. The van der Waals surface area contributed by atoms with E-state index in [9.17, 15) is 4.79 Å². The Morgan fingerprint density at radius 1 is 0.909 bits per heavy atom. The van der Waals surface area contributed by atoms with Crippen molar-refractivity contribution in [1.29, 1.82) is 0 Å². The Hall–Kier alpha value is -4.00. The van der Waals surface area contributed by atoms with E-state index in [4.69, 9.17) is 14.2 Å². The van der Waals surface area contributed by atoms with Crippen LogP contribution in [0.3, 0.4) is 0 Å². The summed E-state index contributed by atoms with van der Waals surface area (Å²) >= 11 is 0. The van der Waals surface area contributed by atoms with E-state index in [-0.39, 0.29) is 0 Å². The Morgan fingerprint density at radius 3 is 2.45 bits per heavy atom. The van der Waals surface area contributed by atoms with Gasteiger partial charge in [0.15, 0.2) is 11.5 Å². The quantitative estimate of drug-likeness (QED) is 0.251. The molecule has 0 fully saturated rings. The topological polar surface area (TPSA) is 81.2 Å². The number of carbonyl (C=O) groups excluding carboxylic acids is 1. The standard InChI is InChI=1S/C26H29N3O4/c1-19-10-12-23(16-20(19)2)32-14-7-15-33-24-13-11-21(17-25(24)31-3)18-27-29-26(30)28-22-8-5-4-6-9-22/h4-6,8-13,16-18H,7,14-15H2,1-3H3,(H2,28,29,30)/b27-18+. The SMILES string of the molecule is COc1cc(/C=N/NC(=O)Nc2ccccc2)ccc1OCCCOc1ccc(C)c(C)c1. The number of methoxy groups -OCH3 is 1. The fourth-order valence-corrected chi connectivity index (χ4v) is 2.96. The summed E-state index contributed by atoms with van der Waals surface area (Å²) < 4.78 is 17.1. The van der Waals surface area contributed by atoms with Crippen LogP contribution in [0.15, 0.2) is 71.8 Å². The first-order valence-corrected chi connectivity index (χ1v) is 10.7. The molecule has 0 aliphatic heterocycles. The highest BCUT2D eigenvalue weighted by molar-refractivity contribution is 5.90. The third-order valence-corrected chi connectivity index (χ3v) is 4.89. The first-order chi connectivity index (χ1) is 16.0. The van der Waals surface area contributed by atoms with Gasteiger partial charge in [-0.3, -0.25) is 0 Å². The second-order valence-electron chi connectivity index (χ2n) is 7.40. The maximum absolute atomic E-state index is 11.9. The first-order valence-electron chi connectivity index (χ1n) is 10.7. The molecule has 0 aliphatic rings. The number of amides is 2. The van der Waals surface area contributed by atoms with Gasteiger partial charge >= 0.3 is 6.03 Å². The maximum atomic E-state index is 11.9. The van der Waals surface area contributed by atoms with Gasteiger partial charge in [0.1, 0.15) is 5.75 Å². The van der Waals surface area contributed by atoms with Gasteiger partial charge in [-0.25, -0.2) is 10.2 Å². The van der Waals surface area contributed by atoms with E-state index in [0.29, 0.717) is 30.4 Å². The summed E-state index contributed by atoms with van der Waals surface area (Å²) in [4.78, 5) is 11.9. The van der Waals surface area contributed by atoms with Gasteiger partial charge < -0.3 is 19.5 Å². The Morgan fingerprint density at radius 2 is 1.70 bits per heavy atom. The molecule has 7 nitrogen and oxygen atoms in total. The molecule has 0 bridgehead atoms. The van der Waals surface area contributed by atoms with Crippen LogP contribution < -0.4 is 25.0 Å². The van der Waals surface area contributed by atoms with E-state index < -0.39 is 6.03 Å². The minimum absolute atomic E-state index is 0.424. The molecule has 0 heterocycles. The van der Waals surface area contributed by atoms with Gasteiger partial charge in [0.2, 0.25) is 0 Å². The normalized spacial score (nSPS) is 10.6. The number of benzene rings is 3. The number of para-hydroxylation sites is 1. The molecule has 0 saturated carbocycles. The Balaban J connectivity index is 1.44. The molecule has 3 aromatic rings. The van der Waals surface area contributed by atoms with Gasteiger partial charge in [-0.2, -0.15) is 5.10 Å². The minimum Gasteiger partial charge on any atom is -0.493 e. The van der Waals surface area contributed by atoms with Crippen LogP contribution in [0.4, 0.5) is 10.5 Å². The summed E-state index contributed by atoms with van der Waals surface area (Å²) in [5, 5.41) is 6.66. The molecular weight excluding hydrogens is 418 g/mol. The van der Waals surface area contributed by atoms with E-state index in [1.165, 1.54) is 17.3 Å². The number of ether oxygens (including phenoxy) is 3. The third kappa shape index (κ3) is 7.57. The maximum Gasteiger partial charge on any atom is 0.339 e. The van der Waals surface area contributed by atoms with Crippen molar-refractivity contribution in [1.82, 2.24) is 5.43 Å². The summed E-state index contributed by atoms with van der Waals surface area (Å²) in [6, 6.07) is 20.2. The zero-order valence-corrected chi connectivity index (χ0v) is 19.1. The molecule has 7 heteroatoms. The number of rotatable bonds is 10. The van der Waals surface area contributed by atoms with Crippen molar-refractivity contribution in [2.75, 3.05) is 25.6 Å². The van der Waals surface area contributed by atoms with E-state index in [2.05, 4.69) is 35.8 Å². The number of hydrogen-bond donors (Lipinski definition) is 2. The van der Waals surface area contributed by atoms with E-state index >= 15 is 0 Å². The fourth-order valence-electron chi connectivity index (χ4n) is 2.96. The monoisotopic (exact) mass is 447 g/mol. The molecule has 0 radical (unpaired) electrons. The summed E-state index contributed by atoms with van der Waals surface area (Å²) in [5.74, 6) is 2.09. The molecule has 33 heavy (non-hydrogen) atoms. The predicted octanol–water partition coefficient (Wildman–Crippen LogP) is 5.32. The number of urea groups is 1. The average molecular weight is 448 g/mol. The molecule has 0 aliphatic carbocycles. The van der Waals surface area contributed by atoms with Gasteiger partial charge in [0, 0.05) is 12.1 Å². The molecule has 0 spiro atoms. The average Bonchev–Trinajstić information content (AvgIpc) is 2.82. The molecule has 172 valence electrons. The van der Waals surface area contributed by atoms with Crippen LogP contribution in [0.1, 0.15) is 23.1 Å². The molecule has 0 unspecified atom stereocenters. The van der Waals surface area contributed by atoms with Gasteiger partial charge in [0.25, 0.3) is 0 Å².